The second kappa shape index (κ2) is 9.54. The maximum atomic E-state index is 13.3. The standard InChI is InChI=1S/C26H23F2N3O4/c1-14(2)23(25(33)34)31-13-17-4-3-16(9-22(17)24(31)32)15-5-7-20(8-6-15)29-26(35)30-21-11-18(27)10-19(28)12-21/h3-12,14,23H,13H2,1-2H3,(H,33,34)(H2,29,30,35). The number of fused-ring (bicyclic) bond motifs is 1. The number of carbonyl (C=O) groups excluding carboxylic acids is 2. The van der Waals surface area contributed by atoms with Gasteiger partial charge in [-0.05, 0) is 52.9 Å². The molecule has 7 nitrogen and oxygen atoms in total. The molecular formula is C26H23F2N3O4. The summed E-state index contributed by atoms with van der Waals surface area (Å²) in [7, 11) is 0. The molecule has 0 saturated carbocycles. The number of rotatable bonds is 6. The van der Waals surface area contributed by atoms with Crippen LogP contribution in [0.3, 0.4) is 0 Å². The third kappa shape index (κ3) is 5.13. The van der Waals surface area contributed by atoms with Crippen LogP contribution in [0.4, 0.5) is 25.0 Å². The second-order valence-electron chi connectivity index (χ2n) is 8.65. The number of urea groups is 1. The van der Waals surface area contributed by atoms with Crippen molar-refractivity contribution in [1.82, 2.24) is 4.90 Å². The number of benzene rings is 3. The Balaban J connectivity index is 1.47. The van der Waals surface area contributed by atoms with Crippen molar-refractivity contribution in [3.63, 3.8) is 0 Å². The molecule has 1 unspecified atom stereocenters. The summed E-state index contributed by atoms with van der Waals surface area (Å²) in [6.45, 7) is 3.79. The van der Waals surface area contributed by atoms with Crippen molar-refractivity contribution in [2.24, 2.45) is 5.92 Å². The lowest BCUT2D eigenvalue weighted by molar-refractivity contribution is -0.144. The number of nitrogens with zero attached hydrogens (tertiary/aromatic N) is 1. The zero-order valence-electron chi connectivity index (χ0n) is 19.0. The number of carboxylic acid groups (broad SMARTS) is 1. The van der Waals surface area contributed by atoms with Crippen molar-refractivity contribution in [2.75, 3.05) is 10.6 Å². The molecule has 0 aromatic heterocycles. The quantitative estimate of drug-likeness (QED) is 0.444. The van der Waals surface area contributed by atoms with Gasteiger partial charge >= 0.3 is 12.0 Å². The molecule has 1 heterocycles. The summed E-state index contributed by atoms with van der Waals surface area (Å²) in [5.41, 5.74) is 3.23. The van der Waals surface area contributed by atoms with Gasteiger partial charge in [0.05, 0.1) is 0 Å². The van der Waals surface area contributed by atoms with E-state index in [9.17, 15) is 28.3 Å². The van der Waals surface area contributed by atoms with Gasteiger partial charge in [0.15, 0.2) is 0 Å². The number of anilines is 2. The molecule has 180 valence electrons. The fourth-order valence-electron chi connectivity index (χ4n) is 4.17. The molecule has 35 heavy (non-hydrogen) atoms. The van der Waals surface area contributed by atoms with Crippen LogP contribution >= 0.6 is 0 Å². The number of hydrogen-bond donors (Lipinski definition) is 3. The Kier molecular flexibility index (Phi) is 6.50. The average Bonchev–Trinajstić information content (AvgIpc) is 3.08. The van der Waals surface area contributed by atoms with Gasteiger partial charge in [-0.2, -0.15) is 0 Å². The zero-order chi connectivity index (χ0) is 25.3. The lowest BCUT2D eigenvalue weighted by Gasteiger charge is -2.27. The first-order valence-corrected chi connectivity index (χ1v) is 10.9. The van der Waals surface area contributed by atoms with Gasteiger partial charge in [-0.3, -0.25) is 4.79 Å². The van der Waals surface area contributed by atoms with Gasteiger partial charge < -0.3 is 20.6 Å². The van der Waals surface area contributed by atoms with Crippen molar-refractivity contribution in [3.8, 4) is 11.1 Å². The molecule has 9 heteroatoms. The number of amides is 3. The highest BCUT2D eigenvalue weighted by molar-refractivity contribution is 6.02. The molecule has 3 aromatic carbocycles. The van der Waals surface area contributed by atoms with Crippen LogP contribution in [0.2, 0.25) is 0 Å². The maximum Gasteiger partial charge on any atom is 0.326 e. The van der Waals surface area contributed by atoms with Crippen LogP contribution in [0, 0.1) is 17.6 Å². The van der Waals surface area contributed by atoms with E-state index in [2.05, 4.69) is 10.6 Å². The number of carboxylic acids is 1. The maximum absolute atomic E-state index is 13.3. The third-order valence-electron chi connectivity index (χ3n) is 5.76. The van der Waals surface area contributed by atoms with E-state index in [1.807, 2.05) is 12.1 Å². The summed E-state index contributed by atoms with van der Waals surface area (Å²) in [4.78, 5) is 38.2. The summed E-state index contributed by atoms with van der Waals surface area (Å²) in [6, 6.07) is 13.4. The van der Waals surface area contributed by atoms with Gasteiger partial charge in [-0.25, -0.2) is 18.4 Å². The lowest BCUT2D eigenvalue weighted by atomic mass is 10.00. The molecule has 0 radical (unpaired) electrons. The molecule has 3 aromatic rings. The minimum Gasteiger partial charge on any atom is -0.480 e. The van der Waals surface area contributed by atoms with Gasteiger partial charge in [-0.15, -0.1) is 0 Å². The molecule has 3 N–H and O–H groups in total. The molecule has 1 atom stereocenters. The largest absolute Gasteiger partial charge is 0.480 e. The molecule has 0 saturated heterocycles. The van der Waals surface area contributed by atoms with Crippen molar-refractivity contribution < 1.29 is 28.3 Å². The summed E-state index contributed by atoms with van der Waals surface area (Å²) >= 11 is 0. The first kappa shape index (κ1) is 23.9. The summed E-state index contributed by atoms with van der Waals surface area (Å²) in [5, 5.41) is 14.5. The molecule has 0 bridgehead atoms. The number of hydrogen-bond acceptors (Lipinski definition) is 3. The minimum atomic E-state index is -1.03. The normalized spacial score (nSPS) is 13.5. The monoisotopic (exact) mass is 479 g/mol. The molecule has 4 rings (SSSR count). The van der Waals surface area contributed by atoms with Crippen LogP contribution in [0.5, 0.6) is 0 Å². The van der Waals surface area contributed by atoms with Gasteiger partial charge in [0.1, 0.15) is 17.7 Å². The van der Waals surface area contributed by atoms with E-state index in [1.54, 1.807) is 44.2 Å². The molecule has 1 aliphatic heterocycles. The highest BCUT2D eigenvalue weighted by Gasteiger charge is 2.38. The molecule has 0 spiro atoms. The summed E-state index contributed by atoms with van der Waals surface area (Å²) in [6.07, 6.45) is 0. The minimum absolute atomic E-state index is 0.0175. The van der Waals surface area contributed by atoms with E-state index in [1.165, 1.54) is 4.90 Å². The SMILES string of the molecule is CC(C)C(C(=O)O)N1Cc2ccc(-c3ccc(NC(=O)Nc4cc(F)cc(F)c4)cc3)cc2C1=O. The van der Waals surface area contributed by atoms with Crippen LogP contribution in [0.15, 0.2) is 60.7 Å². The summed E-state index contributed by atoms with van der Waals surface area (Å²) < 4.78 is 26.6. The predicted molar refractivity (Wildman–Crippen MR) is 127 cm³/mol. The molecule has 0 aliphatic carbocycles. The second-order valence-corrected chi connectivity index (χ2v) is 8.65. The Morgan fingerprint density at radius 3 is 2.09 bits per heavy atom. The van der Waals surface area contributed by atoms with Crippen molar-refractivity contribution in [3.05, 3.63) is 83.4 Å². The predicted octanol–water partition coefficient (Wildman–Crippen LogP) is 5.34. The van der Waals surface area contributed by atoms with Crippen LogP contribution in [-0.2, 0) is 11.3 Å². The van der Waals surface area contributed by atoms with Crippen molar-refractivity contribution in [2.45, 2.75) is 26.4 Å². The lowest BCUT2D eigenvalue weighted by Crippen LogP contribution is -2.44. The van der Waals surface area contributed by atoms with E-state index < -0.39 is 29.7 Å². The van der Waals surface area contributed by atoms with Gasteiger partial charge in [0, 0.05) is 29.5 Å². The number of nitrogens with one attached hydrogen (secondary N) is 2. The van der Waals surface area contributed by atoms with E-state index >= 15 is 0 Å². The first-order valence-electron chi connectivity index (χ1n) is 10.9. The Morgan fingerprint density at radius 1 is 0.886 bits per heavy atom. The highest BCUT2D eigenvalue weighted by atomic mass is 19.1. The number of aliphatic carboxylic acids is 1. The smallest absolute Gasteiger partial charge is 0.326 e. The van der Waals surface area contributed by atoms with E-state index in [0.717, 1.165) is 28.8 Å². The van der Waals surface area contributed by atoms with Gasteiger partial charge in [0.2, 0.25) is 0 Å². The fourth-order valence-corrected chi connectivity index (χ4v) is 4.17. The molecular weight excluding hydrogens is 456 g/mol. The Hall–Kier alpha value is -4.27. The summed E-state index contributed by atoms with van der Waals surface area (Å²) in [5.74, 6) is -3.18. The fraction of sp³-hybridized carbons (Fsp3) is 0.192. The topological polar surface area (TPSA) is 98.7 Å². The van der Waals surface area contributed by atoms with E-state index in [-0.39, 0.29) is 24.1 Å². The first-order chi connectivity index (χ1) is 16.6. The van der Waals surface area contributed by atoms with E-state index in [4.69, 9.17) is 0 Å². The Bertz CT molecular complexity index is 1290. The van der Waals surface area contributed by atoms with Gasteiger partial charge in [0.25, 0.3) is 5.91 Å². The van der Waals surface area contributed by atoms with Crippen LogP contribution in [0.1, 0.15) is 29.8 Å². The number of carbonyl (C=O) groups is 3. The highest BCUT2D eigenvalue weighted by Crippen LogP contribution is 2.31. The average molecular weight is 479 g/mol. The van der Waals surface area contributed by atoms with Crippen molar-refractivity contribution in [1.29, 1.82) is 0 Å². The molecule has 1 aliphatic rings. The zero-order valence-corrected chi connectivity index (χ0v) is 19.0. The third-order valence-corrected chi connectivity index (χ3v) is 5.76. The van der Waals surface area contributed by atoms with Crippen LogP contribution in [-0.4, -0.2) is 34.0 Å². The Labute approximate surface area is 200 Å². The molecule has 0 fully saturated rings. The van der Waals surface area contributed by atoms with Gasteiger partial charge in [-0.1, -0.05) is 38.1 Å². The Morgan fingerprint density at radius 2 is 1.49 bits per heavy atom. The molecule has 3 amide bonds. The van der Waals surface area contributed by atoms with Crippen LogP contribution < -0.4 is 10.6 Å². The number of halogens is 2. The van der Waals surface area contributed by atoms with Crippen LogP contribution in [0.25, 0.3) is 11.1 Å². The van der Waals surface area contributed by atoms with Crippen molar-refractivity contribution >= 4 is 29.3 Å². The van der Waals surface area contributed by atoms with E-state index in [0.29, 0.717) is 17.3 Å².